The lowest BCUT2D eigenvalue weighted by atomic mass is 10.1. The summed E-state index contributed by atoms with van der Waals surface area (Å²) in [5, 5.41) is 7.03. The number of esters is 1. The van der Waals surface area contributed by atoms with Gasteiger partial charge >= 0.3 is 5.97 Å². The molecule has 0 saturated heterocycles. The predicted molar refractivity (Wildman–Crippen MR) is 130 cm³/mol. The summed E-state index contributed by atoms with van der Waals surface area (Å²) >= 11 is 0. The average Bonchev–Trinajstić information content (AvgIpc) is 3.25. The Morgan fingerprint density at radius 1 is 0.971 bits per heavy atom. The third-order valence-corrected chi connectivity index (χ3v) is 5.01. The first kappa shape index (κ1) is 25.4. The molecule has 0 radical (unpaired) electrons. The molecule has 10 heteroatoms. The van der Waals surface area contributed by atoms with E-state index in [9.17, 15) is 9.59 Å². The standard InChI is InChI=1S/C25H30N4O6/c1-5-33-20-12-16(13-21(34-6-2)22(20)35-7-3)14-27-24(30)17-8-10-18(11-9-17)29-23(26)19(15-28-29)25(31)32-4/h8-13,15H,5-7,14,26H2,1-4H3,(H,27,30). The highest BCUT2D eigenvalue weighted by Gasteiger charge is 2.18. The second-order valence-electron chi connectivity index (χ2n) is 7.30. The minimum absolute atomic E-state index is 0.153. The smallest absolute Gasteiger partial charge is 0.343 e. The van der Waals surface area contributed by atoms with Crippen molar-refractivity contribution in [1.29, 1.82) is 0 Å². The Balaban J connectivity index is 1.74. The van der Waals surface area contributed by atoms with Crippen LogP contribution in [0.15, 0.2) is 42.6 Å². The van der Waals surface area contributed by atoms with Gasteiger partial charge in [0.1, 0.15) is 11.4 Å². The van der Waals surface area contributed by atoms with E-state index >= 15 is 0 Å². The normalized spacial score (nSPS) is 10.5. The number of methoxy groups -OCH3 is 1. The van der Waals surface area contributed by atoms with Gasteiger partial charge in [-0.2, -0.15) is 5.10 Å². The number of ether oxygens (including phenoxy) is 4. The molecular formula is C25H30N4O6. The molecule has 3 N–H and O–H groups in total. The van der Waals surface area contributed by atoms with E-state index in [1.807, 2.05) is 32.9 Å². The van der Waals surface area contributed by atoms with Crippen molar-refractivity contribution < 1.29 is 28.5 Å². The van der Waals surface area contributed by atoms with Crippen molar-refractivity contribution >= 4 is 17.7 Å². The van der Waals surface area contributed by atoms with Gasteiger partial charge in [-0.05, 0) is 62.7 Å². The maximum Gasteiger partial charge on any atom is 0.343 e. The highest BCUT2D eigenvalue weighted by Crippen LogP contribution is 2.39. The summed E-state index contributed by atoms with van der Waals surface area (Å²) < 4.78 is 23.3. The number of amides is 1. The molecule has 0 aliphatic heterocycles. The van der Waals surface area contributed by atoms with Crippen LogP contribution in [0.1, 0.15) is 47.1 Å². The molecule has 0 atom stereocenters. The van der Waals surface area contributed by atoms with Crippen LogP contribution in [0.2, 0.25) is 0 Å². The van der Waals surface area contributed by atoms with Crippen LogP contribution in [0.4, 0.5) is 5.82 Å². The maximum atomic E-state index is 12.7. The van der Waals surface area contributed by atoms with E-state index in [0.29, 0.717) is 48.3 Å². The number of rotatable bonds is 11. The lowest BCUT2D eigenvalue weighted by Gasteiger charge is -2.17. The molecule has 0 fully saturated rings. The monoisotopic (exact) mass is 482 g/mol. The van der Waals surface area contributed by atoms with E-state index in [-0.39, 0.29) is 23.8 Å². The molecule has 35 heavy (non-hydrogen) atoms. The van der Waals surface area contributed by atoms with Gasteiger partial charge in [-0.1, -0.05) is 0 Å². The van der Waals surface area contributed by atoms with Gasteiger partial charge in [0.05, 0.1) is 38.8 Å². The lowest BCUT2D eigenvalue weighted by molar-refractivity contribution is 0.0601. The molecule has 0 saturated carbocycles. The van der Waals surface area contributed by atoms with Gasteiger partial charge in [-0.15, -0.1) is 0 Å². The maximum absolute atomic E-state index is 12.7. The van der Waals surface area contributed by atoms with E-state index in [1.54, 1.807) is 24.3 Å². The van der Waals surface area contributed by atoms with Gasteiger partial charge in [-0.25, -0.2) is 9.48 Å². The third-order valence-electron chi connectivity index (χ3n) is 5.01. The van der Waals surface area contributed by atoms with Crippen molar-refractivity contribution in [2.24, 2.45) is 0 Å². The molecule has 2 aromatic carbocycles. The summed E-state index contributed by atoms with van der Waals surface area (Å²) in [5.41, 5.74) is 8.04. The molecular weight excluding hydrogens is 452 g/mol. The fourth-order valence-corrected chi connectivity index (χ4v) is 3.41. The molecule has 10 nitrogen and oxygen atoms in total. The third kappa shape index (κ3) is 5.84. The van der Waals surface area contributed by atoms with Gasteiger partial charge in [0.15, 0.2) is 11.5 Å². The fraction of sp³-hybridized carbons (Fsp3) is 0.320. The molecule has 0 aliphatic carbocycles. The molecule has 0 unspecified atom stereocenters. The largest absolute Gasteiger partial charge is 0.490 e. The number of carbonyl (C=O) groups is 2. The molecule has 1 heterocycles. The van der Waals surface area contributed by atoms with E-state index < -0.39 is 5.97 Å². The molecule has 3 rings (SSSR count). The van der Waals surface area contributed by atoms with Crippen LogP contribution in [0.25, 0.3) is 5.69 Å². The van der Waals surface area contributed by atoms with Crippen LogP contribution in [0, 0.1) is 0 Å². The number of nitrogen functional groups attached to an aromatic ring is 1. The number of anilines is 1. The number of hydrogen-bond acceptors (Lipinski definition) is 8. The van der Waals surface area contributed by atoms with Gasteiger partial charge in [0.25, 0.3) is 5.91 Å². The SMILES string of the molecule is CCOc1cc(CNC(=O)c2ccc(-n3ncc(C(=O)OC)c3N)cc2)cc(OCC)c1OCC. The van der Waals surface area contributed by atoms with Crippen LogP contribution in [-0.4, -0.2) is 48.6 Å². The number of benzene rings is 2. The van der Waals surface area contributed by atoms with E-state index in [1.165, 1.54) is 18.0 Å². The fourth-order valence-electron chi connectivity index (χ4n) is 3.41. The lowest BCUT2D eigenvalue weighted by Crippen LogP contribution is -2.23. The van der Waals surface area contributed by atoms with Crippen LogP contribution in [-0.2, 0) is 11.3 Å². The minimum Gasteiger partial charge on any atom is -0.490 e. The summed E-state index contributed by atoms with van der Waals surface area (Å²) in [6, 6.07) is 10.4. The average molecular weight is 483 g/mol. The van der Waals surface area contributed by atoms with Gasteiger partial charge < -0.3 is 30.0 Å². The molecule has 186 valence electrons. The molecule has 0 bridgehead atoms. The number of hydrogen-bond donors (Lipinski definition) is 2. The summed E-state index contributed by atoms with van der Waals surface area (Å²) in [6.45, 7) is 7.35. The number of aromatic nitrogens is 2. The summed E-state index contributed by atoms with van der Waals surface area (Å²) in [5.74, 6) is 1.01. The van der Waals surface area contributed by atoms with Gasteiger partial charge in [0.2, 0.25) is 5.75 Å². The Morgan fingerprint density at radius 3 is 2.11 bits per heavy atom. The van der Waals surface area contributed by atoms with Crippen molar-refractivity contribution in [1.82, 2.24) is 15.1 Å². The zero-order chi connectivity index (χ0) is 25.4. The van der Waals surface area contributed by atoms with Crippen LogP contribution in [0.5, 0.6) is 17.2 Å². The van der Waals surface area contributed by atoms with Crippen molar-refractivity contribution in [3.63, 3.8) is 0 Å². The van der Waals surface area contributed by atoms with Crippen molar-refractivity contribution in [2.75, 3.05) is 32.7 Å². The van der Waals surface area contributed by atoms with E-state index in [2.05, 4.69) is 10.4 Å². The van der Waals surface area contributed by atoms with E-state index in [4.69, 9.17) is 24.7 Å². The predicted octanol–water partition coefficient (Wildman–Crippen LogP) is 3.37. The van der Waals surface area contributed by atoms with Crippen LogP contribution in [0.3, 0.4) is 0 Å². The second-order valence-corrected chi connectivity index (χ2v) is 7.30. The van der Waals surface area contributed by atoms with Crippen LogP contribution >= 0.6 is 0 Å². The first-order valence-corrected chi connectivity index (χ1v) is 11.3. The Kier molecular flexibility index (Phi) is 8.55. The van der Waals surface area contributed by atoms with E-state index in [0.717, 1.165) is 5.56 Å². The highest BCUT2D eigenvalue weighted by atomic mass is 16.5. The Morgan fingerprint density at radius 2 is 1.57 bits per heavy atom. The molecule has 1 aromatic heterocycles. The molecule has 3 aromatic rings. The summed E-state index contributed by atoms with van der Waals surface area (Å²) in [7, 11) is 1.27. The highest BCUT2D eigenvalue weighted by molar-refractivity contribution is 5.95. The first-order valence-electron chi connectivity index (χ1n) is 11.3. The summed E-state index contributed by atoms with van der Waals surface area (Å²) in [6.07, 6.45) is 1.34. The number of nitrogens with one attached hydrogen (secondary N) is 1. The first-order chi connectivity index (χ1) is 16.9. The Hall–Kier alpha value is -4.21. The van der Waals surface area contributed by atoms with Crippen molar-refractivity contribution in [3.05, 3.63) is 59.3 Å². The molecule has 0 spiro atoms. The number of nitrogens with zero attached hydrogens (tertiary/aromatic N) is 2. The van der Waals surface area contributed by atoms with Gasteiger partial charge in [-0.3, -0.25) is 4.79 Å². The summed E-state index contributed by atoms with van der Waals surface area (Å²) in [4.78, 5) is 24.5. The van der Waals surface area contributed by atoms with Crippen LogP contribution < -0.4 is 25.3 Å². The Bertz CT molecular complexity index is 1150. The number of nitrogens with two attached hydrogens (primary N) is 1. The Labute approximate surface area is 203 Å². The number of carbonyl (C=O) groups excluding carboxylic acids is 2. The minimum atomic E-state index is -0.570. The van der Waals surface area contributed by atoms with Crippen molar-refractivity contribution in [2.45, 2.75) is 27.3 Å². The quantitative estimate of drug-likeness (QED) is 0.398. The zero-order valence-electron chi connectivity index (χ0n) is 20.3. The van der Waals surface area contributed by atoms with Crippen molar-refractivity contribution in [3.8, 4) is 22.9 Å². The van der Waals surface area contributed by atoms with Gasteiger partial charge in [0, 0.05) is 12.1 Å². The second kappa shape index (κ2) is 11.8. The molecule has 0 aliphatic rings. The zero-order valence-corrected chi connectivity index (χ0v) is 20.3. The molecule has 1 amide bonds. The topological polar surface area (TPSA) is 127 Å².